The lowest BCUT2D eigenvalue weighted by Crippen LogP contribution is -2.44. The number of hydrogen-bond donors (Lipinski definition) is 1. The quantitative estimate of drug-likeness (QED) is 0.848. The minimum absolute atomic E-state index is 0.129. The zero-order chi connectivity index (χ0) is 14.1. The molecule has 0 bridgehead atoms. The standard InChI is InChI=1S/C14H19ClFN3O/c15-11-7-14(13(17)8-12(11)16)19-2-1-10(9-19)18-3-5-20-6-4-18/h7-8,10H,1-6,9,17H2. The van der Waals surface area contributed by atoms with Crippen molar-refractivity contribution >= 4 is 23.0 Å². The highest BCUT2D eigenvalue weighted by molar-refractivity contribution is 6.31. The first-order valence-corrected chi connectivity index (χ1v) is 7.34. The zero-order valence-corrected chi connectivity index (χ0v) is 12.1. The highest BCUT2D eigenvalue weighted by atomic mass is 35.5. The van der Waals surface area contributed by atoms with Crippen LogP contribution in [0.4, 0.5) is 15.8 Å². The molecule has 2 aliphatic heterocycles. The Morgan fingerprint density at radius 3 is 2.75 bits per heavy atom. The highest BCUT2D eigenvalue weighted by Gasteiger charge is 2.29. The summed E-state index contributed by atoms with van der Waals surface area (Å²) in [5.74, 6) is -0.461. The molecule has 1 aromatic carbocycles. The van der Waals surface area contributed by atoms with Crippen molar-refractivity contribution in [3.8, 4) is 0 Å². The molecule has 0 aromatic heterocycles. The van der Waals surface area contributed by atoms with E-state index in [1.165, 1.54) is 6.07 Å². The number of nitrogen functional groups attached to an aromatic ring is 1. The van der Waals surface area contributed by atoms with Crippen LogP contribution in [0, 0.1) is 5.82 Å². The van der Waals surface area contributed by atoms with E-state index in [1.54, 1.807) is 6.07 Å². The van der Waals surface area contributed by atoms with Crippen LogP contribution < -0.4 is 10.6 Å². The predicted molar refractivity (Wildman–Crippen MR) is 78.8 cm³/mol. The maximum Gasteiger partial charge on any atom is 0.143 e. The van der Waals surface area contributed by atoms with Crippen molar-refractivity contribution in [3.05, 3.63) is 23.0 Å². The molecular formula is C14H19ClFN3O. The summed E-state index contributed by atoms with van der Waals surface area (Å²) in [5.41, 5.74) is 7.21. The molecule has 2 heterocycles. The molecule has 20 heavy (non-hydrogen) atoms. The topological polar surface area (TPSA) is 41.7 Å². The number of halogens is 2. The van der Waals surface area contributed by atoms with Gasteiger partial charge in [0.1, 0.15) is 5.82 Å². The molecule has 0 radical (unpaired) electrons. The van der Waals surface area contributed by atoms with E-state index in [1.807, 2.05) is 0 Å². The van der Waals surface area contributed by atoms with E-state index >= 15 is 0 Å². The summed E-state index contributed by atoms with van der Waals surface area (Å²) >= 11 is 5.87. The summed E-state index contributed by atoms with van der Waals surface area (Å²) in [4.78, 5) is 4.66. The summed E-state index contributed by atoms with van der Waals surface area (Å²) in [5, 5.41) is 0.129. The van der Waals surface area contributed by atoms with Gasteiger partial charge in [-0.1, -0.05) is 11.6 Å². The molecule has 0 amide bonds. The molecule has 6 heteroatoms. The molecule has 110 valence electrons. The lowest BCUT2D eigenvalue weighted by Gasteiger charge is -2.32. The Bertz CT molecular complexity index is 494. The molecule has 2 fully saturated rings. The molecule has 3 rings (SSSR count). The average molecular weight is 300 g/mol. The summed E-state index contributed by atoms with van der Waals surface area (Å²) in [6, 6.07) is 3.45. The summed E-state index contributed by atoms with van der Waals surface area (Å²) in [7, 11) is 0. The normalized spacial score (nSPS) is 24.3. The van der Waals surface area contributed by atoms with E-state index in [4.69, 9.17) is 22.1 Å². The summed E-state index contributed by atoms with van der Waals surface area (Å²) in [6.45, 7) is 5.42. The fourth-order valence-electron chi connectivity index (χ4n) is 3.03. The van der Waals surface area contributed by atoms with Gasteiger partial charge in [0.25, 0.3) is 0 Å². The average Bonchev–Trinajstić information content (AvgIpc) is 2.93. The van der Waals surface area contributed by atoms with Crippen molar-refractivity contribution in [3.63, 3.8) is 0 Å². The Balaban J connectivity index is 1.72. The third-order valence-corrected chi connectivity index (χ3v) is 4.43. The van der Waals surface area contributed by atoms with E-state index < -0.39 is 5.82 Å². The molecule has 2 N–H and O–H groups in total. The number of ether oxygens (including phenoxy) is 1. The molecule has 0 spiro atoms. The second kappa shape index (κ2) is 5.76. The van der Waals surface area contributed by atoms with E-state index in [0.717, 1.165) is 51.5 Å². The molecule has 2 saturated heterocycles. The largest absolute Gasteiger partial charge is 0.397 e. The van der Waals surface area contributed by atoms with Crippen molar-refractivity contribution in [2.24, 2.45) is 0 Å². The van der Waals surface area contributed by atoms with Crippen molar-refractivity contribution in [2.45, 2.75) is 12.5 Å². The maximum atomic E-state index is 13.4. The number of nitrogens with zero attached hydrogens (tertiary/aromatic N) is 2. The molecule has 2 aliphatic rings. The van der Waals surface area contributed by atoms with E-state index in [2.05, 4.69) is 9.80 Å². The Hall–Kier alpha value is -1.04. The number of benzene rings is 1. The second-order valence-corrected chi connectivity index (χ2v) is 5.77. The number of nitrogens with two attached hydrogens (primary N) is 1. The number of morpholine rings is 1. The third kappa shape index (κ3) is 2.71. The Morgan fingerprint density at radius 2 is 2.00 bits per heavy atom. The third-order valence-electron chi connectivity index (χ3n) is 4.14. The first-order chi connectivity index (χ1) is 9.65. The van der Waals surface area contributed by atoms with Crippen LogP contribution in [0.1, 0.15) is 6.42 Å². The second-order valence-electron chi connectivity index (χ2n) is 5.36. The van der Waals surface area contributed by atoms with Gasteiger partial charge in [0.05, 0.1) is 29.6 Å². The van der Waals surface area contributed by atoms with Gasteiger partial charge in [-0.25, -0.2) is 4.39 Å². The fourth-order valence-corrected chi connectivity index (χ4v) is 3.18. The van der Waals surface area contributed by atoms with Gasteiger partial charge in [-0.3, -0.25) is 4.90 Å². The Labute approximate surface area is 123 Å². The van der Waals surface area contributed by atoms with Crippen molar-refractivity contribution in [1.82, 2.24) is 4.90 Å². The van der Waals surface area contributed by atoms with Crippen LogP contribution in [0.5, 0.6) is 0 Å². The van der Waals surface area contributed by atoms with E-state index in [-0.39, 0.29) is 5.02 Å². The van der Waals surface area contributed by atoms with Gasteiger partial charge < -0.3 is 15.4 Å². The molecule has 1 unspecified atom stereocenters. The number of anilines is 2. The van der Waals surface area contributed by atoms with Crippen LogP contribution in [-0.2, 0) is 4.74 Å². The Kier molecular flexibility index (Phi) is 4.01. The van der Waals surface area contributed by atoms with Gasteiger partial charge in [-0.2, -0.15) is 0 Å². The van der Waals surface area contributed by atoms with E-state index in [0.29, 0.717) is 11.7 Å². The molecule has 1 atom stereocenters. The molecule has 0 aliphatic carbocycles. The van der Waals surface area contributed by atoms with Gasteiger partial charge in [-0.05, 0) is 12.5 Å². The molecule has 4 nitrogen and oxygen atoms in total. The van der Waals surface area contributed by atoms with Gasteiger partial charge >= 0.3 is 0 Å². The minimum atomic E-state index is -0.461. The number of rotatable bonds is 2. The van der Waals surface area contributed by atoms with Gasteiger partial charge in [0.2, 0.25) is 0 Å². The van der Waals surface area contributed by atoms with Crippen molar-refractivity contribution < 1.29 is 9.13 Å². The maximum absolute atomic E-state index is 13.4. The van der Waals surface area contributed by atoms with Crippen LogP contribution in [-0.4, -0.2) is 50.3 Å². The molecule has 0 saturated carbocycles. The fraction of sp³-hybridized carbons (Fsp3) is 0.571. The van der Waals surface area contributed by atoms with Crippen molar-refractivity contribution in [2.75, 3.05) is 50.0 Å². The lowest BCUT2D eigenvalue weighted by molar-refractivity contribution is 0.0209. The monoisotopic (exact) mass is 299 g/mol. The lowest BCUT2D eigenvalue weighted by atomic mass is 10.2. The molecular weight excluding hydrogens is 281 g/mol. The molecule has 1 aromatic rings. The highest BCUT2D eigenvalue weighted by Crippen LogP contribution is 2.32. The van der Waals surface area contributed by atoms with Gasteiger partial charge in [0.15, 0.2) is 0 Å². The minimum Gasteiger partial charge on any atom is -0.397 e. The Morgan fingerprint density at radius 1 is 1.25 bits per heavy atom. The van der Waals surface area contributed by atoms with Crippen LogP contribution >= 0.6 is 11.6 Å². The van der Waals surface area contributed by atoms with Crippen LogP contribution in [0.25, 0.3) is 0 Å². The summed E-state index contributed by atoms with van der Waals surface area (Å²) < 4.78 is 18.7. The van der Waals surface area contributed by atoms with E-state index in [9.17, 15) is 4.39 Å². The predicted octanol–water partition coefficient (Wildman–Crippen LogP) is 1.97. The van der Waals surface area contributed by atoms with Crippen LogP contribution in [0.15, 0.2) is 12.1 Å². The van der Waals surface area contributed by atoms with Gasteiger partial charge in [0, 0.05) is 38.3 Å². The SMILES string of the molecule is Nc1cc(F)c(Cl)cc1N1CCC(N2CCOCC2)C1. The van der Waals surface area contributed by atoms with Crippen molar-refractivity contribution in [1.29, 1.82) is 0 Å². The number of hydrogen-bond acceptors (Lipinski definition) is 4. The first-order valence-electron chi connectivity index (χ1n) is 6.96. The summed E-state index contributed by atoms with van der Waals surface area (Å²) in [6.07, 6.45) is 1.09. The first kappa shape index (κ1) is 13.9. The smallest absolute Gasteiger partial charge is 0.143 e. The van der Waals surface area contributed by atoms with Gasteiger partial charge in [-0.15, -0.1) is 0 Å². The van der Waals surface area contributed by atoms with Crippen LogP contribution in [0.3, 0.4) is 0 Å². The zero-order valence-electron chi connectivity index (χ0n) is 11.3. The van der Waals surface area contributed by atoms with Crippen LogP contribution in [0.2, 0.25) is 5.02 Å².